The van der Waals surface area contributed by atoms with Gasteiger partial charge in [0.05, 0.1) is 6.10 Å². The maximum Gasteiger partial charge on any atom is 0.0571 e. The van der Waals surface area contributed by atoms with Crippen LogP contribution < -0.4 is 0 Å². The number of hydrogen-bond donors (Lipinski definition) is 0. The lowest BCUT2D eigenvalue weighted by molar-refractivity contribution is 0.0795. The van der Waals surface area contributed by atoms with Crippen LogP contribution in [0.1, 0.15) is 33.1 Å². The highest BCUT2D eigenvalue weighted by molar-refractivity contribution is 9.09. The first-order valence-corrected chi connectivity index (χ1v) is 5.49. The molecule has 1 nitrogen and oxygen atoms in total. The summed E-state index contributed by atoms with van der Waals surface area (Å²) in [6, 6.07) is 0. The van der Waals surface area contributed by atoms with Gasteiger partial charge in [-0.05, 0) is 18.8 Å². The predicted octanol–water partition coefficient (Wildman–Crippen LogP) is 3.22. The highest BCUT2D eigenvalue weighted by Crippen LogP contribution is 2.16. The topological polar surface area (TPSA) is 9.23 Å². The third-order valence-electron chi connectivity index (χ3n) is 2.18. The summed E-state index contributed by atoms with van der Waals surface area (Å²) in [6.07, 6.45) is 4.01. The van der Waals surface area contributed by atoms with Gasteiger partial charge in [0.2, 0.25) is 0 Å². The normalized spacial score (nSPS) is 16.4. The molecular formula is C9H19BrO. The van der Waals surface area contributed by atoms with Gasteiger partial charge >= 0.3 is 0 Å². The number of alkyl halides is 1. The van der Waals surface area contributed by atoms with E-state index in [1.807, 2.05) is 0 Å². The Hall–Kier alpha value is 0.440. The fourth-order valence-electron chi connectivity index (χ4n) is 1.14. The van der Waals surface area contributed by atoms with E-state index in [2.05, 4.69) is 29.8 Å². The van der Waals surface area contributed by atoms with Gasteiger partial charge in [-0.25, -0.2) is 0 Å². The third kappa shape index (κ3) is 4.81. The molecule has 0 radical (unpaired) electrons. The summed E-state index contributed by atoms with van der Waals surface area (Å²) < 4.78 is 5.31. The summed E-state index contributed by atoms with van der Waals surface area (Å²) in [5.41, 5.74) is 0. The van der Waals surface area contributed by atoms with Crippen LogP contribution in [-0.4, -0.2) is 18.5 Å². The fraction of sp³-hybridized carbons (Fsp3) is 1.00. The Balaban J connectivity index is 3.58. The molecule has 0 aromatic rings. The van der Waals surface area contributed by atoms with Crippen molar-refractivity contribution in [1.82, 2.24) is 0 Å². The molecule has 0 heterocycles. The quantitative estimate of drug-likeness (QED) is 0.628. The van der Waals surface area contributed by atoms with Crippen molar-refractivity contribution >= 4 is 15.9 Å². The van der Waals surface area contributed by atoms with E-state index in [1.54, 1.807) is 7.11 Å². The van der Waals surface area contributed by atoms with Crippen LogP contribution in [0.4, 0.5) is 0 Å². The number of ether oxygens (including phenoxy) is 1. The van der Waals surface area contributed by atoms with Crippen molar-refractivity contribution in [2.45, 2.75) is 39.2 Å². The average Bonchev–Trinajstić information content (AvgIpc) is 2.07. The molecule has 0 aliphatic carbocycles. The molecule has 2 heteroatoms. The zero-order valence-electron chi connectivity index (χ0n) is 7.77. The molecule has 0 aliphatic heterocycles. The predicted molar refractivity (Wildman–Crippen MR) is 53.3 cm³/mol. The van der Waals surface area contributed by atoms with Gasteiger partial charge in [-0.3, -0.25) is 0 Å². The summed E-state index contributed by atoms with van der Waals surface area (Å²) in [6.45, 7) is 4.41. The fourth-order valence-corrected chi connectivity index (χ4v) is 1.86. The highest BCUT2D eigenvalue weighted by Gasteiger charge is 2.11. The van der Waals surface area contributed by atoms with Crippen LogP contribution in [-0.2, 0) is 4.74 Å². The van der Waals surface area contributed by atoms with E-state index >= 15 is 0 Å². The van der Waals surface area contributed by atoms with E-state index in [0.717, 1.165) is 17.7 Å². The van der Waals surface area contributed by atoms with Gasteiger partial charge in [-0.1, -0.05) is 36.2 Å². The molecule has 11 heavy (non-hydrogen) atoms. The molecular weight excluding hydrogens is 204 g/mol. The van der Waals surface area contributed by atoms with Crippen molar-refractivity contribution in [2.24, 2.45) is 5.92 Å². The molecule has 0 aromatic carbocycles. The maximum atomic E-state index is 5.31. The Morgan fingerprint density at radius 3 is 2.18 bits per heavy atom. The van der Waals surface area contributed by atoms with Crippen LogP contribution >= 0.6 is 15.9 Å². The summed E-state index contributed by atoms with van der Waals surface area (Å²) in [7, 11) is 1.80. The molecule has 68 valence electrons. The second-order valence-corrected chi connectivity index (χ2v) is 3.58. The lowest BCUT2D eigenvalue weighted by atomic mass is 10.00. The molecule has 0 N–H and O–H groups in total. The van der Waals surface area contributed by atoms with Gasteiger partial charge in [0.25, 0.3) is 0 Å². The second-order valence-electron chi connectivity index (χ2n) is 2.93. The van der Waals surface area contributed by atoms with Crippen molar-refractivity contribution in [3.8, 4) is 0 Å². The van der Waals surface area contributed by atoms with Gasteiger partial charge in [0.1, 0.15) is 0 Å². The highest BCUT2D eigenvalue weighted by atomic mass is 79.9. The molecule has 0 saturated heterocycles. The molecule has 0 bridgehead atoms. The summed E-state index contributed by atoms with van der Waals surface area (Å²) in [4.78, 5) is 0. The Morgan fingerprint density at radius 1 is 1.27 bits per heavy atom. The second kappa shape index (κ2) is 7.11. The summed E-state index contributed by atoms with van der Waals surface area (Å²) >= 11 is 3.51. The number of hydrogen-bond acceptors (Lipinski definition) is 1. The molecule has 0 aromatic heterocycles. The van der Waals surface area contributed by atoms with Gasteiger partial charge < -0.3 is 4.74 Å². The lowest BCUT2D eigenvalue weighted by Crippen LogP contribution is -2.15. The molecule has 0 rings (SSSR count). The van der Waals surface area contributed by atoms with Gasteiger partial charge in [-0.15, -0.1) is 0 Å². The molecule has 2 atom stereocenters. The van der Waals surface area contributed by atoms with Crippen LogP contribution in [0.2, 0.25) is 0 Å². The SMILES string of the molecule is CCC(CBr)CC(CC)OC. The summed E-state index contributed by atoms with van der Waals surface area (Å²) in [5.74, 6) is 0.778. The number of methoxy groups -OCH3 is 1. The zero-order valence-corrected chi connectivity index (χ0v) is 9.36. The lowest BCUT2D eigenvalue weighted by Gasteiger charge is -2.18. The van der Waals surface area contributed by atoms with Gasteiger partial charge in [-0.2, -0.15) is 0 Å². The zero-order chi connectivity index (χ0) is 8.69. The van der Waals surface area contributed by atoms with Crippen molar-refractivity contribution < 1.29 is 4.74 Å². The van der Waals surface area contributed by atoms with Crippen molar-refractivity contribution in [1.29, 1.82) is 0 Å². The van der Waals surface area contributed by atoms with E-state index in [-0.39, 0.29) is 0 Å². The maximum absolute atomic E-state index is 5.31. The first-order chi connectivity index (χ1) is 5.28. The van der Waals surface area contributed by atoms with Crippen LogP contribution in [0.5, 0.6) is 0 Å². The first kappa shape index (κ1) is 11.4. The van der Waals surface area contributed by atoms with Gasteiger partial charge in [0, 0.05) is 12.4 Å². The minimum atomic E-state index is 0.456. The number of rotatable bonds is 6. The molecule has 0 fully saturated rings. The molecule has 0 saturated carbocycles. The van der Waals surface area contributed by atoms with E-state index < -0.39 is 0 Å². The van der Waals surface area contributed by atoms with Crippen LogP contribution in [0.3, 0.4) is 0 Å². The average molecular weight is 223 g/mol. The van der Waals surface area contributed by atoms with Crippen LogP contribution in [0, 0.1) is 5.92 Å². The Morgan fingerprint density at radius 2 is 1.91 bits per heavy atom. The Labute approximate surface area is 78.6 Å². The smallest absolute Gasteiger partial charge is 0.0571 e. The summed E-state index contributed by atoms with van der Waals surface area (Å²) in [5, 5.41) is 1.10. The molecule has 0 aliphatic rings. The third-order valence-corrected chi connectivity index (χ3v) is 3.10. The standard InChI is InChI=1S/C9H19BrO/c1-4-8(7-10)6-9(5-2)11-3/h8-9H,4-7H2,1-3H3. The monoisotopic (exact) mass is 222 g/mol. The number of halogens is 1. The van der Waals surface area contributed by atoms with E-state index in [1.165, 1.54) is 12.8 Å². The van der Waals surface area contributed by atoms with Crippen molar-refractivity contribution in [2.75, 3.05) is 12.4 Å². The van der Waals surface area contributed by atoms with Crippen LogP contribution in [0.25, 0.3) is 0 Å². The Bertz CT molecular complexity index is 67.6. The Kier molecular flexibility index (Phi) is 7.39. The van der Waals surface area contributed by atoms with Gasteiger partial charge in [0.15, 0.2) is 0 Å². The minimum Gasteiger partial charge on any atom is -0.381 e. The van der Waals surface area contributed by atoms with Crippen molar-refractivity contribution in [3.63, 3.8) is 0 Å². The minimum absolute atomic E-state index is 0.456. The van der Waals surface area contributed by atoms with E-state index in [9.17, 15) is 0 Å². The van der Waals surface area contributed by atoms with Crippen LogP contribution in [0.15, 0.2) is 0 Å². The van der Waals surface area contributed by atoms with Crippen molar-refractivity contribution in [3.05, 3.63) is 0 Å². The molecule has 2 unspecified atom stereocenters. The largest absolute Gasteiger partial charge is 0.381 e. The molecule has 0 spiro atoms. The van der Waals surface area contributed by atoms with E-state index in [0.29, 0.717) is 6.10 Å². The first-order valence-electron chi connectivity index (χ1n) is 4.37. The molecule has 0 amide bonds. The van der Waals surface area contributed by atoms with E-state index in [4.69, 9.17) is 4.74 Å².